The van der Waals surface area contributed by atoms with E-state index in [1.807, 2.05) is 4.90 Å². The van der Waals surface area contributed by atoms with Gasteiger partial charge in [-0.15, -0.1) is 0 Å². The summed E-state index contributed by atoms with van der Waals surface area (Å²) in [5.74, 6) is 0.727. The zero-order valence-electron chi connectivity index (χ0n) is 19.1. The second-order valence-corrected chi connectivity index (χ2v) is 8.03. The molecule has 1 aliphatic rings. The van der Waals surface area contributed by atoms with Crippen LogP contribution in [0.2, 0.25) is 0 Å². The van der Waals surface area contributed by atoms with E-state index in [1.165, 1.54) is 17.3 Å². The molecule has 1 aromatic carbocycles. The van der Waals surface area contributed by atoms with Crippen LogP contribution in [0.3, 0.4) is 0 Å². The van der Waals surface area contributed by atoms with E-state index in [9.17, 15) is 31.1 Å². The first-order valence-electron chi connectivity index (χ1n) is 10.9. The third kappa shape index (κ3) is 6.57. The van der Waals surface area contributed by atoms with E-state index in [-0.39, 0.29) is 44.7 Å². The van der Waals surface area contributed by atoms with E-state index in [0.717, 1.165) is 5.56 Å². The van der Waals surface area contributed by atoms with Crippen molar-refractivity contribution in [2.45, 2.75) is 19.0 Å². The second-order valence-electron chi connectivity index (χ2n) is 8.03. The lowest BCUT2D eigenvalue weighted by atomic mass is 10.1. The summed E-state index contributed by atoms with van der Waals surface area (Å²) in [6, 6.07) is 3.69. The van der Waals surface area contributed by atoms with Crippen LogP contribution in [-0.2, 0) is 19.0 Å². The van der Waals surface area contributed by atoms with Gasteiger partial charge in [-0.25, -0.2) is 14.8 Å². The number of amides is 2. The Kier molecular flexibility index (Phi) is 7.36. The zero-order valence-corrected chi connectivity index (χ0v) is 19.1. The van der Waals surface area contributed by atoms with Gasteiger partial charge in [0.05, 0.1) is 11.1 Å². The SMILES string of the molecule is O=C(Nc1cc(C(F)(F)F)cc(C(F)(F)F)c1)N1CCN(c2nccnc2OCc2ccncc2)CC1. The lowest BCUT2D eigenvalue weighted by Crippen LogP contribution is -2.50. The molecule has 196 valence electrons. The number of benzene rings is 1. The summed E-state index contributed by atoms with van der Waals surface area (Å²) < 4.78 is 84.4. The third-order valence-electron chi connectivity index (χ3n) is 5.48. The van der Waals surface area contributed by atoms with Crippen molar-refractivity contribution < 1.29 is 35.9 Å². The van der Waals surface area contributed by atoms with Gasteiger partial charge in [-0.3, -0.25) is 4.98 Å². The van der Waals surface area contributed by atoms with Crippen LogP contribution in [0, 0.1) is 0 Å². The second kappa shape index (κ2) is 10.5. The Morgan fingerprint density at radius 1 is 0.865 bits per heavy atom. The van der Waals surface area contributed by atoms with Crippen LogP contribution in [0.4, 0.5) is 42.6 Å². The van der Waals surface area contributed by atoms with Gasteiger partial charge >= 0.3 is 18.4 Å². The highest BCUT2D eigenvalue weighted by Gasteiger charge is 2.37. The summed E-state index contributed by atoms with van der Waals surface area (Å²) in [6.45, 7) is 1.07. The van der Waals surface area contributed by atoms with Crippen LogP contribution in [0.5, 0.6) is 5.88 Å². The summed E-state index contributed by atoms with van der Waals surface area (Å²) in [6.07, 6.45) is -3.81. The van der Waals surface area contributed by atoms with Gasteiger partial charge in [0.25, 0.3) is 5.88 Å². The third-order valence-corrected chi connectivity index (χ3v) is 5.48. The minimum absolute atomic E-state index is 0.00363. The van der Waals surface area contributed by atoms with Crippen LogP contribution in [0.25, 0.3) is 0 Å². The summed E-state index contributed by atoms with van der Waals surface area (Å²) >= 11 is 0. The van der Waals surface area contributed by atoms with Crippen LogP contribution < -0.4 is 15.0 Å². The first kappa shape index (κ1) is 26.0. The maximum atomic E-state index is 13.1. The Morgan fingerprint density at radius 3 is 2.05 bits per heavy atom. The molecule has 4 rings (SSSR count). The predicted octanol–water partition coefficient (Wildman–Crippen LogP) is 4.84. The van der Waals surface area contributed by atoms with Crippen molar-refractivity contribution >= 4 is 17.5 Å². The number of alkyl halides is 6. The number of rotatable bonds is 5. The van der Waals surface area contributed by atoms with Crippen molar-refractivity contribution in [3.05, 3.63) is 71.8 Å². The van der Waals surface area contributed by atoms with Gasteiger partial charge < -0.3 is 19.9 Å². The molecule has 0 atom stereocenters. The van der Waals surface area contributed by atoms with Crippen LogP contribution in [0.15, 0.2) is 55.1 Å². The van der Waals surface area contributed by atoms with Crippen molar-refractivity contribution in [3.63, 3.8) is 0 Å². The Balaban J connectivity index is 1.40. The highest BCUT2D eigenvalue weighted by Crippen LogP contribution is 2.37. The molecule has 0 spiro atoms. The largest absolute Gasteiger partial charge is 0.470 e. The molecule has 14 heteroatoms. The molecule has 8 nitrogen and oxygen atoms in total. The fourth-order valence-electron chi connectivity index (χ4n) is 3.62. The van der Waals surface area contributed by atoms with E-state index >= 15 is 0 Å². The van der Waals surface area contributed by atoms with Gasteiger partial charge in [0.15, 0.2) is 5.82 Å². The molecule has 3 heterocycles. The number of aromatic nitrogens is 3. The monoisotopic (exact) mass is 526 g/mol. The minimum atomic E-state index is -5.01. The highest BCUT2D eigenvalue weighted by molar-refractivity contribution is 5.89. The molecule has 37 heavy (non-hydrogen) atoms. The van der Waals surface area contributed by atoms with Crippen molar-refractivity contribution in [2.24, 2.45) is 0 Å². The molecule has 1 fully saturated rings. The van der Waals surface area contributed by atoms with Crippen molar-refractivity contribution in [1.29, 1.82) is 0 Å². The van der Waals surface area contributed by atoms with Crippen molar-refractivity contribution in [2.75, 3.05) is 36.4 Å². The van der Waals surface area contributed by atoms with E-state index in [4.69, 9.17) is 4.74 Å². The molecule has 2 aromatic heterocycles. The molecular formula is C23H20F6N6O2. The maximum Gasteiger partial charge on any atom is 0.416 e. The number of nitrogens with zero attached hydrogens (tertiary/aromatic N) is 5. The van der Waals surface area contributed by atoms with Crippen molar-refractivity contribution in [3.8, 4) is 5.88 Å². The number of anilines is 2. The van der Waals surface area contributed by atoms with E-state index in [0.29, 0.717) is 18.0 Å². The summed E-state index contributed by atoms with van der Waals surface area (Å²) in [7, 11) is 0. The lowest BCUT2D eigenvalue weighted by molar-refractivity contribution is -0.143. The Hall–Kier alpha value is -4.10. The fraction of sp³-hybridized carbons (Fsp3) is 0.304. The van der Waals surface area contributed by atoms with Gasteiger partial charge in [-0.1, -0.05) is 0 Å². The minimum Gasteiger partial charge on any atom is -0.470 e. The van der Waals surface area contributed by atoms with E-state index in [2.05, 4.69) is 20.3 Å². The number of nitrogens with one attached hydrogen (secondary N) is 1. The standard InChI is InChI=1S/C23H20F6N6O2/c24-22(25,26)16-11-17(23(27,28)29)13-18(12-16)33-21(36)35-9-7-34(8-10-35)19-20(32-6-5-31-19)37-14-15-1-3-30-4-2-15/h1-6,11-13H,7-10,14H2,(H,33,36). The first-order chi connectivity index (χ1) is 17.5. The van der Waals surface area contributed by atoms with E-state index < -0.39 is 35.2 Å². The van der Waals surface area contributed by atoms with Crippen molar-refractivity contribution in [1.82, 2.24) is 19.9 Å². The normalized spacial score (nSPS) is 14.4. The molecule has 1 N–H and O–H groups in total. The molecule has 0 radical (unpaired) electrons. The number of ether oxygens (including phenoxy) is 1. The topological polar surface area (TPSA) is 83.5 Å². The number of halogens is 6. The Bertz CT molecular complexity index is 1200. The Labute approximate surface area is 206 Å². The highest BCUT2D eigenvalue weighted by atomic mass is 19.4. The molecule has 0 bridgehead atoms. The molecule has 0 saturated carbocycles. The molecule has 3 aromatic rings. The zero-order chi connectivity index (χ0) is 26.6. The molecule has 0 aliphatic carbocycles. The average Bonchev–Trinajstić information content (AvgIpc) is 2.87. The van der Waals surface area contributed by atoms with Gasteiger partial charge in [0, 0.05) is 56.7 Å². The molecule has 2 amide bonds. The molecule has 1 aliphatic heterocycles. The molecule has 1 saturated heterocycles. The first-order valence-corrected chi connectivity index (χ1v) is 10.9. The number of carbonyl (C=O) groups excluding carboxylic acids is 1. The fourth-order valence-corrected chi connectivity index (χ4v) is 3.62. The van der Waals surface area contributed by atoms with Crippen LogP contribution >= 0.6 is 0 Å². The summed E-state index contributed by atoms with van der Waals surface area (Å²) in [4.78, 5) is 28.2. The van der Waals surface area contributed by atoms with Gasteiger partial charge in [0.2, 0.25) is 0 Å². The predicted molar refractivity (Wildman–Crippen MR) is 120 cm³/mol. The van der Waals surface area contributed by atoms with Crippen LogP contribution in [0.1, 0.15) is 16.7 Å². The maximum absolute atomic E-state index is 13.1. The number of pyridine rings is 1. The average molecular weight is 526 g/mol. The number of urea groups is 1. The van der Waals surface area contributed by atoms with Gasteiger partial charge in [-0.05, 0) is 35.9 Å². The summed E-state index contributed by atoms with van der Waals surface area (Å²) in [5, 5.41) is 2.15. The number of hydrogen-bond acceptors (Lipinski definition) is 6. The number of piperazine rings is 1. The molecule has 0 unspecified atom stereocenters. The lowest BCUT2D eigenvalue weighted by Gasteiger charge is -2.35. The van der Waals surface area contributed by atoms with E-state index in [1.54, 1.807) is 24.5 Å². The number of hydrogen-bond donors (Lipinski definition) is 1. The Morgan fingerprint density at radius 2 is 1.46 bits per heavy atom. The van der Waals surface area contributed by atoms with Gasteiger partial charge in [0.1, 0.15) is 6.61 Å². The molecular weight excluding hydrogens is 506 g/mol. The summed E-state index contributed by atoms with van der Waals surface area (Å²) in [5.41, 5.74) is -2.75. The quantitative estimate of drug-likeness (QED) is 0.479. The number of carbonyl (C=O) groups is 1. The smallest absolute Gasteiger partial charge is 0.416 e. The van der Waals surface area contributed by atoms with Crippen LogP contribution in [-0.4, -0.2) is 52.1 Å². The van der Waals surface area contributed by atoms with Gasteiger partial charge in [-0.2, -0.15) is 26.3 Å².